The highest BCUT2D eigenvalue weighted by Gasteiger charge is 2.46. The Hall–Kier alpha value is -2.24. The van der Waals surface area contributed by atoms with Gasteiger partial charge in [0.25, 0.3) is 0 Å². The van der Waals surface area contributed by atoms with Crippen LogP contribution in [-0.4, -0.2) is 43.3 Å². The lowest BCUT2D eigenvalue weighted by Crippen LogP contribution is -2.49. The molecule has 1 aliphatic heterocycles. The van der Waals surface area contributed by atoms with Gasteiger partial charge >= 0.3 is 6.09 Å². The summed E-state index contributed by atoms with van der Waals surface area (Å²) in [4.78, 5) is 30.1. The number of hydrogen-bond acceptors (Lipinski definition) is 4. The highest BCUT2D eigenvalue weighted by atomic mass is 19.1. The first kappa shape index (κ1) is 27.8. The maximum atomic E-state index is 13.6. The molecule has 6 heteroatoms. The van der Waals surface area contributed by atoms with Crippen LogP contribution < -0.4 is 0 Å². The Morgan fingerprint density at radius 2 is 1.72 bits per heavy atom. The first-order valence-corrected chi connectivity index (χ1v) is 11.5. The maximum absolute atomic E-state index is 13.6. The maximum Gasteiger partial charge on any atom is 0.410 e. The summed E-state index contributed by atoms with van der Waals surface area (Å²) in [5, 5.41) is 0. The number of ether oxygens (including phenoxy) is 1. The fourth-order valence-corrected chi connectivity index (χ4v) is 4.82. The van der Waals surface area contributed by atoms with Gasteiger partial charge in [0.2, 0.25) is 0 Å². The quantitative estimate of drug-likeness (QED) is 0.525. The first-order chi connectivity index (χ1) is 15.2. The Kier molecular flexibility index (Phi) is 11.0. The van der Waals surface area contributed by atoms with E-state index in [1.54, 1.807) is 6.07 Å². The van der Waals surface area contributed by atoms with Crippen molar-refractivity contribution in [3.63, 3.8) is 0 Å². The van der Waals surface area contributed by atoms with Gasteiger partial charge in [0.1, 0.15) is 25.0 Å². The number of amides is 1. The molecule has 32 heavy (non-hydrogen) atoms. The van der Waals surface area contributed by atoms with E-state index in [-0.39, 0.29) is 11.9 Å². The highest BCUT2D eigenvalue weighted by Crippen LogP contribution is 2.54. The van der Waals surface area contributed by atoms with Crippen molar-refractivity contribution < 1.29 is 23.5 Å². The minimum Gasteiger partial charge on any atom is -0.444 e. The number of aryl methyl sites for hydroxylation is 2. The zero-order valence-corrected chi connectivity index (χ0v) is 20.3. The number of nitrogens with zero attached hydrogens (tertiary/aromatic N) is 1. The standard InChI is InChI=1S/C24H36FNO2.2CH2O/c1-18-9-10-19(15-21(18)25)7-5-6-8-20-16-24(17-20)11-13-26(14-12-24)22(27)28-23(2,3)4;2*1-2/h9-10,15,20H,5-8,11-14,16-17H2,1-4H3;2*1H2. The fourth-order valence-electron chi connectivity index (χ4n) is 4.82. The largest absolute Gasteiger partial charge is 0.444 e. The molecule has 3 rings (SSSR count). The molecule has 2 fully saturated rings. The molecule has 1 amide bonds. The van der Waals surface area contributed by atoms with Crippen LogP contribution in [0.5, 0.6) is 0 Å². The van der Waals surface area contributed by atoms with E-state index in [4.69, 9.17) is 14.3 Å². The monoisotopic (exact) mass is 449 g/mol. The van der Waals surface area contributed by atoms with Crippen molar-refractivity contribution in [2.24, 2.45) is 11.3 Å². The Bertz CT molecular complexity index is 713. The SMILES string of the molecule is C=O.C=O.Cc1ccc(CCCCC2CC3(CCN(C(=O)OC(C)(C)C)CC3)C2)cc1F. The lowest BCUT2D eigenvalue weighted by molar-refractivity contribution is -0.0987. The molecule has 5 nitrogen and oxygen atoms in total. The Balaban J connectivity index is 0.00000121. The second-order valence-corrected chi connectivity index (χ2v) is 10.1. The molecular weight excluding hydrogens is 409 g/mol. The van der Waals surface area contributed by atoms with Crippen LogP contribution in [0.15, 0.2) is 18.2 Å². The van der Waals surface area contributed by atoms with Crippen molar-refractivity contribution in [1.29, 1.82) is 0 Å². The van der Waals surface area contributed by atoms with Crippen molar-refractivity contribution in [3.05, 3.63) is 35.1 Å². The molecule has 1 spiro atoms. The Morgan fingerprint density at radius 3 is 2.25 bits per heavy atom. The molecule has 0 bridgehead atoms. The smallest absolute Gasteiger partial charge is 0.410 e. The van der Waals surface area contributed by atoms with E-state index in [9.17, 15) is 9.18 Å². The third-order valence-electron chi connectivity index (χ3n) is 6.48. The van der Waals surface area contributed by atoms with Crippen molar-refractivity contribution in [3.8, 4) is 0 Å². The van der Waals surface area contributed by atoms with E-state index in [0.717, 1.165) is 55.8 Å². The van der Waals surface area contributed by atoms with Gasteiger partial charge in [-0.15, -0.1) is 0 Å². The number of piperidine rings is 1. The van der Waals surface area contributed by atoms with Crippen LogP contribution in [0.2, 0.25) is 0 Å². The van der Waals surface area contributed by atoms with Gasteiger partial charge < -0.3 is 19.2 Å². The first-order valence-electron chi connectivity index (χ1n) is 11.5. The summed E-state index contributed by atoms with van der Waals surface area (Å²) in [7, 11) is 0. The average molecular weight is 450 g/mol. The second-order valence-electron chi connectivity index (χ2n) is 10.1. The number of carbonyl (C=O) groups excluding carboxylic acids is 3. The molecule has 1 saturated carbocycles. The summed E-state index contributed by atoms with van der Waals surface area (Å²) < 4.78 is 19.1. The summed E-state index contributed by atoms with van der Waals surface area (Å²) in [6, 6.07) is 5.62. The van der Waals surface area contributed by atoms with Crippen LogP contribution in [0.3, 0.4) is 0 Å². The zero-order chi connectivity index (χ0) is 24.4. The van der Waals surface area contributed by atoms with Crippen LogP contribution in [-0.2, 0) is 20.7 Å². The molecule has 0 atom stereocenters. The van der Waals surface area contributed by atoms with Crippen LogP contribution in [0.1, 0.15) is 76.8 Å². The highest BCUT2D eigenvalue weighted by molar-refractivity contribution is 5.68. The molecule has 1 heterocycles. The number of likely N-dealkylation sites (tertiary alicyclic amines) is 1. The van der Waals surface area contributed by atoms with Crippen LogP contribution in [0.4, 0.5) is 9.18 Å². The summed E-state index contributed by atoms with van der Waals surface area (Å²) >= 11 is 0. The molecule has 0 N–H and O–H groups in total. The number of benzene rings is 1. The molecule has 1 aromatic carbocycles. The van der Waals surface area contributed by atoms with Gasteiger partial charge in [-0.3, -0.25) is 0 Å². The fraction of sp³-hybridized carbons (Fsp3) is 0.654. The molecule has 0 radical (unpaired) electrons. The minimum absolute atomic E-state index is 0.0869. The molecule has 2 aliphatic rings. The zero-order valence-electron chi connectivity index (χ0n) is 20.3. The summed E-state index contributed by atoms with van der Waals surface area (Å²) in [6.07, 6.45) is 9.31. The van der Waals surface area contributed by atoms with Gasteiger partial charge in [-0.2, -0.15) is 0 Å². The lowest BCUT2D eigenvalue weighted by atomic mass is 9.56. The van der Waals surface area contributed by atoms with Crippen molar-refractivity contribution in [2.75, 3.05) is 13.1 Å². The third-order valence-corrected chi connectivity index (χ3v) is 6.48. The van der Waals surface area contributed by atoms with E-state index in [2.05, 4.69) is 6.07 Å². The Morgan fingerprint density at radius 1 is 1.12 bits per heavy atom. The van der Waals surface area contributed by atoms with Gasteiger partial charge in [-0.05, 0) is 94.7 Å². The van der Waals surface area contributed by atoms with Crippen molar-refractivity contribution in [1.82, 2.24) is 4.90 Å². The van der Waals surface area contributed by atoms with E-state index in [1.165, 1.54) is 25.7 Å². The molecule has 180 valence electrons. The molecule has 1 saturated heterocycles. The number of rotatable bonds is 5. The minimum atomic E-state index is -0.419. The van der Waals surface area contributed by atoms with Crippen molar-refractivity contribution in [2.45, 2.75) is 84.7 Å². The van der Waals surface area contributed by atoms with Crippen LogP contribution in [0.25, 0.3) is 0 Å². The summed E-state index contributed by atoms with van der Waals surface area (Å²) in [5.74, 6) is 0.749. The predicted octanol–water partition coefficient (Wildman–Crippen LogP) is 5.90. The van der Waals surface area contributed by atoms with E-state index >= 15 is 0 Å². The second kappa shape index (κ2) is 12.7. The van der Waals surface area contributed by atoms with E-state index in [1.807, 2.05) is 52.2 Å². The molecule has 0 unspecified atom stereocenters. The van der Waals surface area contributed by atoms with E-state index < -0.39 is 5.60 Å². The normalized spacial score (nSPS) is 17.3. The molecule has 0 aromatic heterocycles. The number of unbranched alkanes of at least 4 members (excludes halogenated alkanes) is 1. The molecule has 1 aliphatic carbocycles. The average Bonchev–Trinajstić information content (AvgIpc) is 2.74. The molecule has 1 aromatic rings. The predicted molar refractivity (Wildman–Crippen MR) is 125 cm³/mol. The van der Waals surface area contributed by atoms with Gasteiger partial charge in [-0.25, -0.2) is 9.18 Å². The van der Waals surface area contributed by atoms with Gasteiger partial charge in [0, 0.05) is 13.1 Å². The van der Waals surface area contributed by atoms with Crippen LogP contribution in [0, 0.1) is 24.1 Å². The number of hydrogen-bond donors (Lipinski definition) is 0. The number of halogens is 1. The van der Waals surface area contributed by atoms with Gasteiger partial charge in [0.15, 0.2) is 0 Å². The van der Waals surface area contributed by atoms with E-state index in [0.29, 0.717) is 5.41 Å². The molecular formula is C26H40FNO4. The van der Waals surface area contributed by atoms with Crippen molar-refractivity contribution >= 4 is 19.7 Å². The van der Waals surface area contributed by atoms with Gasteiger partial charge in [-0.1, -0.05) is 25.0 Å². The van der Waals surface area contributed by atoms with Crippen LogP contribution >= 0.6 is 0 Å². The topological polar surface area (TPSA) is 63.7 Å². The third kappa shape index (κ3) is 8.36. The summed E-state index contributed by atoms with van der Waals surface area (Å²) in [6.45, 7) is 13.2. The summed E-state index contributed by atoms with van der Waals surface area (Å²) in [5.41, 5.74) is 1.89. The number of carbonyl (C=O) groups is 3. The Labute approximate surface area is 192 Å². The lowest BCUT2D eigenvalue weighted by Gasteiger charge is -2.52. The van der Waals surface area contributed by atoms with Gasteiger partial charge in [0.05, 0.1) is 0 Å².